The fourth-order valence-corrected chi connectivity index (χ4v) is 2.14. The van der Waals surface area contributed by atoms with E-state index >= 15 is 0 Å². The fourth-order valence-electron chi connectivity index (χ4n) is 1.30. The number of anilines is 1. The van der Waals surface area contributed by atoms with E-state index in [1.807, 2.05) is 11.8 Å². The third kappa shape index (κ3) is 4.90. The molecular weight excluding hydrogens is 216 g/mol. The van der Waals surface area contributed by atoms with Gasteiger partial charge in [-0.15, -0.1) is 11.8 Å². The fraction of sp³-hybridized carbons (Fsp3) is 0.538. The van der Waals surface area contributed by atoms with Crippen molar-refractivity contribution in [3.63, 3.8) is 0 Å². The summed E-state index contributed by atoms with van der Waals surface area (Å²) < 4.78 is 0. The van der Waals surface area contributed by atoms with Gasteiger partial charge in [0.15, 0.2) is 0 Å². The van der Waals surface area contributed by atoms with Crippen LogP contribution in [0.4, 0.5) is 5.69 Å². The first kappa shape index (κ1) is 13.4. The lowest BCUT2D eigenvalue weighted by Gasteiger charge is -2.12. The molecule has 1 aromatic rings. The summed E-state index contributed by atoms with van der Waals surface area (Å²) in [6.07, 6.45) is 0. The van der Waals surface area contributed by atoms with Crippen LogP contribution in [0.5, 0.6) is 0 Å². The second-order valence-corrected chi connectivity index (χ2v) is 6.06. The van der Waals surface area contributed by atoms with Gasteiger partial charge in [0, 0.05) is 22.4 Å². The molecule has 3 heteroatoms. The Balaban J connectivity index is 2.45. The molecule has 2 nitrogen and oxygen atoms in total. The van der Waals surface area contributed by atoms with Gasteiger partial charge in [-0.2, -0.15) is 0 Å². The van der Waals surface area contributed by atoms with Crippen LogP contribution in [-0.2, 0) is 0 Å². The van der Waals surface area contributed by atoms with Crippen molar-refractivity contribution in [1.29, 1.82) is 0 Å². The third-order valence-corrected chi connectivity index (χ3v) is 3.30. The highest BCUT2D eigenvalue weighted by Crippen LogP contribution is 2.24. The average Bonchev–Trinajstić information content (AvgIpc) is 2.27. The normalized spacial score (nSPS) is 12.8. The van der Waals surface area contributed by atoms with Crippen molar-refractivity contribution in [3.8, 4) is 0 Å². The van der Waals surface area contributed by atoms with Crippen molar-refractivity contribution in [3.05, 3.63) is 24.3 Å². The topological polar surface area (TPSA) is 38.0 Å². The van der Waals surface area contributed by atoms with Gasteiger partial charge in [0.25, 0.3) is 0 Å². The molecule has 0 saturated heterocycles. The second kappa shape index (κ2) is 6.81. The largest absolute Gasteiger partial charge is 0.385 e. The Morgan fingerprint density at radius 3 is 2.31 bits per heavy atom. The van der Waals surface area contributed by atoms with E-state index in [-0.39, 0.29) is 0 Å². The highest BCUT2D eigenvalue weighted by Gasteiger charge is 2.00. The molecule has 0 spiro atoms. The van der Waals surface area contributed by atoms with Crippen LogP contribution in [-0.4, -0.2) is 18.3 Å². The summed E-state index contributed by atoms with van der Waals surface area (Å²) in [6.45, 7) is 8.23. The molecule has 0 radical (unpaired) electrons. The monoisotopic (exact) mass is 238 g/mol. The van der Waals surface area contributed by atoms with E-state index in [4.69, 9.17) is 5.73 Å². The van der Waals surface area contributed by atoms with Gasteiger partial charge >= 0.3 is 0 Å². The molecule has 3 N–H and O–H groups in total. The quantitative estimate of drug-likeness (QED) is 0.747. The zero-order chi connectivity index (χ0) is 12.0. The van der Waals surface area contributed by atoms with Crippen LogP contribution >= 0.6 is 11.8 Å². The van der Waals surface area contributed by atoms with Crippen LogP contribution in [0.15, 0.2) is 29.2 Å². The minimum absolute atomic E-state index is 0.518. The molecular formula is C13H22N2S. The van der Waals surface area contributed by atoms with E-state index < -0.39 is 0 Å². The average molecular weight is 238 g/mol. The van der Waals surface area contributed by atoms with E-state index in [1.54, 1.807) is 0 Å². The number of hydrogen-bond donors (Lipinski definition) is 2. The minimum Gasteiger partial charge on any atom is -0.385 e. The molecule has 1 atom stereocenters. The van der Waals surface area contributed by atoms with Crippen molar-refractivity contribution >= 4 is 17.4 Å². The van der Waals surface area contributed by atoms with Gasteiger partial charge in [-0.05, 0) is 36.7 Å². The van der Waals surface area contributed by atoms with E-state index in [2.05, 4.69) is 50.4 Å². The Bertz CT molecular complexity index is 295. The zero-order valence-electron chi connectivity index (χ0n) is 10.4. The van der Waals surface area contributed by atoms with E-state index in [1.165, 1.54) is 10.6 Å². The van der Waals surface area contributed by atoms with Gasteiger partial charge < -0.3 is 11.1 Å². The van der Waals surface area contributed by atoms with Gasteiger partial charge in [-0.3, -0.25) is 0 Å². The molecule has 0 saturated carbocycles. The molecule has 0 heterocycles. The first-order valence-corrected chi connectivity index (χ1v) is 6.70. The van der Waals surface area contributed by atoms with E-state index in [9.17, 15) is 0 Å². The van der Waals surface area contributed by atoms with Crippen molar-refractivity contribution in [2.45, 2.75) is 30.9 Å². The number of nitrogens with one attached hydrogen (secondary N) is 1. The predicted molar refractivity (Wildman–Crippen MR) is 74.1 cm³/mol. The van der Waals surface area contributed by atoms with Crippen molar-refractivity contribution < 1.29 is 0 Å². The van der Waals surface area contributed by atoms with Gasteiger partial charge in [0.2, 0.25) is 0 Å². The highest BCUT2D eigenvalue weighted by molar-refractivity contribution is 7.99. The molecule has 0 aliphatic rings. The van der Waals surface area contributed by atoms with Crippen LogP contribution in [0.3, 0.4) is 0 Å². The first-order chi connectivity index (χ1) is 7.61. The molecule has 90 valence electrons. The Kier molecular flexibility index (Phi) is 5.71. The molecule has 1 rings (SSSR count). The maximum absolute atomic E-state index is 5.57. The number of nitrogens with two attached hydrogens (primary N) is 1. The lowest BCUT2D eigenvalue weighted by Crippen LogP contribution is -2.19. The summed E-state index contributed by atoms with van der Waals surface area (Å²) in [4.78, 5) is 1.33. The summed E-state index contributed by atoms with van der Waals surface area (Å²) >= 11 is 1.89. The summed E-state index contributed by atoms with van der Waals surface area (Å²) in [6, 6.07) is 8.60. The van der Waals surface area contributed by atoms with Crippen LogP contribution < -0.4 is 11.1 Å². The molecule has 16 heavy (non-hydrogen) atoms. The van der Waals surface area contributed by atoms with Crippen LogP contribution in [0.1, 0.15) is 20.8 Å². The predicted octanol–water partition coefficient (Wildman–Crippen LogP) is 3.19. The Morgan fingerprint density at radius 2 is 1.81 bits per heavy atom. The van der Waals surface area contributed by atoms with E-state index in [0.717, 1.165) is 13.1 Å². The SMILES string of the molecule is CC(CN)CNc1ccc(SC(C)C)cc1. The summed E-state index contributed by atoms with van der Waals surface area (Å²) in [5.74, 6) is 0.518. The number of rotatable bonds is 6. The van der Waals surface area contributed by atoms with Gasteiger partial charge in [0.1, 0.15) is 0 Å². The Morgan fingerprint density at radius 1 is 1.19 bits per heavy atom. The minimum atomic E-state index is 0.518. The number of benzene rings is 1. The second-order valence-electron chi connectivity index (χ2n) is 4.41. The third-order valence-electron chi connectivity index (χ3n) is 2.28. The van der Waals surface area contributed by atoms with Gasteiger partial charge in [-0.1, -0.05) is 20.8 Å². The molecule has 0 aromatic heterocycles. The molecule has 0 fully saturated rings. The lowest BCUT2D eigenvalue weighted by molar-refractivity contribution is 0.628. The van der Waals surface area contributed by atoms with Crippen LogP contribution in [0, 0.1) is 5.92 Å². The molecule has 0 bridgehead atoms. The number of thioether (sulfide) groups is 1. The standard InChI is InChI=1S/C13H22N2S/c1-10(2)16-13-6-4-12(5-7-13)15-9-11(3)8-14/h4-7,10-11,15H,8-9,14H2,1-3H3. The smallest absolute Gasteiger partial charge is 0.0341 e. The maximum Gasteiger partial charge on any atom is 0.0341 e. The van der Waals surface area contributed by atoms with Gasteiger partial charge in [-0.25, -0.2) is 0 Å². The van der Waals surface area contributed by atoms with Crippen LogP contribution in [0.25, 0.3) is 0 Å². The molecule has 1 aromatic carbocycles. The first-order valence-electron chi connectivity index (χ1n) is 5.82. The summed E-state index contributed by atoms with van der Waals surface area (Å²) in [5.41, 5.74) is 6.75. The van der Waals surface area contributed by atoms with Crippen molar-refractivity contribution in [2.24, 2.45) is 11.7 Å². The van der Waals surface area contributed by atoms with Crippen LogP contribution in [0.2, 0.25) is 0 Å². The highest BCUT2D eigenvalue weighted by atomic mass is 32.2. The molecule has 0 aliphatic carbocycles. The Labute approximate surface area is 103 Å². The number of hydrogen-bond acceptors (Lipinski definition) is 3. The summed E-state index contributed by atoms with van der Waals surface area (Å²) in [5, 5.41) is 4.02. The van der Waals surface area contributed by atoms with E-state index in [0.29, 0.717) is 11.2 Å². The lowest BCUT2D eigenvalue weighted by atomic mass is 10.2. The molecule has 0 aliphatic heterocycles. The molecule has 1 unspecified atom stereocenters. The molecule has 0 amide bonds. The Hall–Kier alpha value is -0.670. The van der Waals surface area contributed by atoms with Gasteiger partial charge in [0.05, 0.1) is 0 Å². The maximum atomic E-state index is 5.57. The zero-order valence-corrected chi connectivity index (χ0v) is 11.2. The summed E-state index contributed by atoms with van der Waals surface area (Å²) in [7, 11) is 0. The van der Waals surface area contributed by atoms with Crippen molar-refractivity contribution in [2.75, 3.05) is 18.4 Å². The van der Waals surface area contributed by atoms with Crippen molar-refractivity contribution in [1.82, 2.24) is 0 Å².